The van der Waals surface area contributed by atoms with Crippen LogP contribution in [-0.2, 0) is 9.47 Å². The van der Waals surface area contributed by atoms with Gasteiger partial charge in [0.1, 0.15) is 0 Å². The topological polar surface area (TPSA) is 85.2 Å². The average molecular weight is 454 g/mol. The van der Waals surface area contributed by atoms with Gasteiger partial charge in [-0.3, -0.25) is 19.9 Å². The zero-order valence-electron chi connectivity index (χ0n) is 16.5. The third-order valence-electron chi connectivity index (χ3n) is 4.99. The van der Waals surface area contributed by atoms with Crippen molar-refractivity contribution in [2.45, 2.75) is 19.3 Å². The smallest absolute Gasteiger partial charge is 0.416 e. The number of carbonyl (C=O) groups is 1. The SMILES string of the molecule is CC(c1ccc(Cl)c(Cl)c1)N1CCO[C@@H](OC(=O)N(C)c2ccc([N+](=O)[O-])cc2)C1. The molecule has 3 rings (SSSR count). The minimum absolute atomic E-state index is 0.0253. The maximum absolute atomic E-state index is 12.5. The number of hydrogen-bond acceptors (Lipinski definition) is 6. The van der Waals surface area contributed by atoms with Crippen molar-refractivity contribution in [3.05, 3.63) is 68.2 Å². The first-order valence-corrected chi connectivity index (χ1v) is 10.0. The fourth-order valence-corrected chi connectivity index (χ4v) is 3.44. The molecular formula is C20H21Cl2N3O5. The Hall–Kier alpha value is -2.39. The Kier molecular flexibility index (Phi) is 7.14. The lowest BCUT2D eigenvalue weighted by Gasteiger charge is -2.36. The van der Waals surface area contributed by atoms with E-state index in [9.17, 15) is 14.9 Å². The monoisotopic (exact) mass is 453 g/mol. The molecule has 0 bridgehead atoms. The number of anilines is 1. The largest absolute Gasteiger partial charge is 0.418 e. The molecule has 2 aromatic rings. The van der Waals surface area contributed by atoms with Gasteiger partial charge in [0, 0.05) is 37.5 Å². The van der Waals surface area contributed by atoms with Crippen LogP contribution in [0.5, 0.6) is 0 Å². The van der Waals surface area contributed by atoms with Crippen molar-refractivity contribution >= 4 is 40.7 Å². The summed E-state index contributed by atoms with van der Waals surface area (Å²) in [6.07, 6.45) is -1.35. The van der Waals surface area contributed by atoms with Gasteiger partial charge >= 0.3 is 6.09 Å². The van der Waals surface area contributed by atoms with Crippen LogP contribution in [0.1, 0.15) is 18.5 Å². The molecule has 0 aromatic heterocycles. The predicted molar refractivity (Wildman–Crippen MR) is 114 cm³/mol. The quantitative estimate of drug-likeness (QED) is 0.472. The standard InChI is InChI=1S/C20H21Cl2N3O5/c1-13(14-3-8-17(21)18(22)11-14)24-9-10-29-19(12-24)30-20(26)23(2)15-4-6-16(7-5-15)25(27)28/h3-8,11,13,19H,9-10,12H2,1-2H3/t13?,19-/m0/s1. The van der Waals surface area contributed by atoms with Crippen molar-refractivity contribution in [2.75, 3.05) is 31.6 Å². The van der Waals surface area contributed by atoms with E-state index in [1.165, 1.54) is 36.2 Å². The Labute approximate surface area is 184 Å². The molecule has 0 radical (unpaired) electrons. The molecule has 160 valence electrons. The first kappa shape index (κ1) is 22.3. The first-order chi connectivity index (χ1) is 14.3. The highest BCUT2D eigenvalue weighted by Crippen LogP contribution is 2.29. The first-order valence-electron chi connectivity index (χ1n) is 9.25. The second-order valence-corrected chi connectivity index (χ2v) is 7.68. The highest BCUT2D eigenvalue weighted by atomic mass is 35.5. The molecule has 1 amide bonds. The van der Waals surface area contributed by atoms with Gasteiger partial charge in [-0.15, -0.1) is 0 Å². The van der Waals surface area contributed by atoms with E-state index in [4.69, 9.17) is 32.7 Å². The molecule has 10 heteroatoms. The van der Waals surface area contributed by atoms with E-state index in [1.54, 1.807) is 6.07 Å². The van der Waals surface area contributed by atoms with Crippen LogP contribution in [0.25, 0.3) is 0 Å². The van der Waals surface area contributed by atoms with Crippen LogP contribution >= 0.6 is 23.2 Å². The summed E-state index contributed by atoms with van der Waals surface area (Å²) in [5.74, 6) is 0. The molecule has 8 nitrogen and oxygen atoms in total. The van der Waals surface area contributed by atoms with Gasteiger partial charge in [0.25, 0.3) is 5.69 Å². The number of nitrogens with zero attached hydrogens (tertiary/aromatic N) is 3. The average Bonchev–Trinajstić information content (AvgIpc) is 2.74. The Balaban J connectivity index is 1.61. The van der Waals surface area contributed by atoms with E-state index < -0.39 is 17.3 Å². The Morgan fingerprint density at radius 2 is 1.97 bits per heavy atom. The molecule has 2 aromatic carbocycles. The van der Waals surface area contributed by atoms with Crippen LogP contribution in [0.15, 0.2) is 42.5 Å². The van der Waals surface area contributed by atoms with Gasteiger partial charge in [0.05, 0.1) is 28.1 Å². The van der Waals surface area contributed by atoms with Gasteiger partial charge in [0.15, 0.2) is 0 Å². The van der Waals surface area contributed by atoms with Crippen molar-refractivity contribution in [3.8, 4) is 0 Å². The summed E-state index contributed by atoms with van der Waals surface area (Å²) in [7, 11) is 1.53. The third kappa shape index (κ3) is 5.20. The second kappa shape index (κ2) is 9.61. The number of non-ortho nitro benzene ring substituents is 1. The Bertz CT molecular complexity index is 925. The summed E-state index contributed by atoms with van der Waals surface area (Å²) in [4.78, 5) is 26.2. The molecular weight excluding hydrogens is 433 g/mol. The van der Waals surface area contributed by atoms with Crippen molar-refractivity contribution < 1.29 is 19.2 Å². The fraction of sp³-hybridized carbons (Fsp3) is 0.350. The molecule has 1 saturated heterocycles. The molecule has 30 heavy (non-hydrogen) atoms. The van der Waals surface area contributed by atoms with Crippen LogP contribution in [-0.4, -0.2) is 49.0 Å². The number of carbonyl (C=O) groups excluding carboxylic acids is 1. The van der Waals surface area contributed by atoms with Gasteiger partial charge in [-0.2, -0.15) is 0 Å². The third-order valence-corrected chi connectivity index (χ3v) is 5.73. The Morgan fingerprint density at radius 1 is 1.27 bits per heavy atom. The van der Waals surface area contributed by atoms with Crippen LogP contribution in [0.3, 0.4) is 0 Å². The molecule has 0 spiro atoms. The summed E-state index contributed by atoms with van der Waals surface area (Å²) in [5.41, 5.74) is 1.42. The van der Waals surface area contributed by atoms with E-state index in [-0.39, 0.29) is 11.7 Å². The summed E-state index contributed by atoms with van der Waals surface area (Å²) in [6, 6.07) is 11.2. The van der Waals surface area contributed by atoms with Crippen molar-refractivity contribution in [2.24, 2.45) is 0 Å². The van der Waals surface area contributed by atoms with Gasteiger partial charge in [-0.1, -0.05) is 29.3 Å². The molecule has 0 saturated carbocycles. The van der Waals surface area contributed by atoms with Gasteiger partial charge in [-0.05, 0) is 36.8 Å². The predicted octanol–water partition coefficient (Wildman–Crippen LogP) is 4.89. The van der Waals surface area contributed by atoms with Gasteiger partial charge in [0.2, 0.25) is 6.29 Å². The Morgan fingerprint density at radius 3 is 2.60 bits per heavy atom. The van der Waals surface area contributed by atoms with Crippen LogP contribution in [0.4, 0.5) is 16.2 Å². The highest BCUT2D eigenvalue weighted by Gasteiger charge is 2.29. The van der Waals surface area contributed by atoms with Crippen LogP contribution in [0, 0.1) is 10.1 Å². The minimum Gasteiger partial charge on any atom is -0.418 e. The maximum Gasteiger partial charge on any atom is 0.416 e. The zero-order chi connectivity index (χ0) is 21.8. The number of hydrogen-bond donors (Lipinski definition) is 0. The van der Waals surface area contributed by atoms with Gasteiger partial charge in [-0.25, -0.2) is 4.79 Å². The van der Waals surface area contributed by atoms with E-state index in [2.05, 4.69) is 4.90 Å². The van der Waals surface area contributed by atoms with Crippen molar-refractivity contribution in [1.82, 2.24) is 4.90 Å². The van der Waals surface area contributed by atoms with Gasteiger partial charge < -0.3 is 9.47 Å². The number of rotatable bonds is 5. The lowest BCUT2D eigenvalue weighted by atomic mass is 10.1. The fourth-order valence-electron chi connectivity index (χ4n) is 3.14. The number of amides is 1. The summed E-state index contributed by atoms with van der Waals surface area (Å²) in [6.45, 7) is 3.51. The summed E-state index contributed by atoms with van der Waals surface area (Å²) in [5, 5.41) is 11.8. The molecule has 1 unspecified atom stereocenters. The van der Waals surface area contributed by atoms with Crippen LogP contribution < -0.4 is 4.90 Å². The highest BCUT2D eigenvalue weighted by molar-refractivity contribution is 6.42. The van der Waals surface area contributed by atoms with Crippen LogP contribution in [0.2, 0.25) is 10.0 Å². The molecule has 1 fully saturated rings. The summed E-state index contributed by atoms with van der Waals surface area (Å²) < 4.78 is 11.1. The lowest BCUT2D eigenvalue weighted by molar-refractivity contribution is -0.384. The molecule has 1 aliphatic heterocycles. The minimum atomic E-state index is -0.739. The molecule has 0 N–H and O–H groups in total. The van der Waals surface area contributed by atoms with E-state index in [0.717, 1.165) is 5.56 Å². The number of morpholine rings is 1. The molecule has 0 aliphatic carbocycles. The molecule has 2 atom stereocenters. The second-order valence-electron chi connectivity index (χ2n) is 6.86. The van der Waals surface area contributed by atoms with E-state index >= 15 is 0 Å². The van der Waals surface area contributed by atoms with Crippen molar-refractivity contribution in [3.63, 3.8) is 0 Å². The number of benzene rings is 2. The van der Waals surface area contributed by atoms with Crippen molar-refractivity contribution in [1.29, 1.82) is 0 Å². The molecule has 1 aliphatic rings. The van der Waals surface area contributed by atoms with E-state index in [1.807, 2.05) is 19.1 Å². The van der Waals surface area contributed by atoms with E-state index in [0.29, 0.717) is 35.4 Å². The summed E-state index contributed by atoms with van der Waals surface area (Å²) >= 11 is 12.1. The number of ether oxygens (including phenoxy) is 2. The zero-order valence-corrected chi connectivity index (χ0v) is 18.0. The number of nitro benzene ring substituents is 1. The lowest BCUT2D eigenvalue weighted by Crippen LogP contribution is -2.46. The normalized spacial score (nSPS) is 17.9. The number of halogens is 2. The number of nitro groups is 1. The molecule has 1 heterocycles. The maximum atomic E-state index is 12.5.